The maximum Gasteiger partial charge on any atom is 0.409 e. The number of hydrogen-bond donors (Lipinski definition) is 1. The van der Waals surface area contributed by atoms with E-state index in [1.807, 2.05) is 19.1 Å². The summed E-state index contributed by atoms with van der Waals surface area (Å²) in [5.74, 6) is 0.969. The Morgan fingerprint density at radius 2 is 2.07 bits per heavy atom. The summed E-state index contributed by atoms with van der Waals surface area (Å²) in [6.45, 7) is 6.23. The third-order valence-corrected chi connectivity index (χ3v) is 2.08. The van der Waals surface area contributed by atoms with Crippen LogP contribution in [0.25, 0.3) is 0 Å². The lowest BCUT2D eigenvalue weighted by atomic mass is 9.98. The van der Waals surface area contributed by atoms with Crippen LogP contribution in [0.3, 0.4) is 0 Å². The van der Waals surface area contributed by atoms with Crippen LogP contribution < -0.4 is 10.5 Å². The molecule has 0 fully saturated rings. The van der Waals surface area contributed by atoms with Crippen LogP contribution in [-0.2, 0) is 0 Å². The fraction of sp³-hybridized carbons (Fsp3) is 0.364. The van der Waals surface area contributed by atoms with Crippen molar-refractivity contribution >= 4 is 6.09 Å². The molecule has 76 valence electrons. The van der Waals surface area contributed by atoms with Crippen molar-refractivity contribution in [2.24, 2.45) is 5.73 Å². The molecule has 0 atom stereocenters. The number of ether oxygens (including phenoxy) is 1. The SMILES string of the molecule is Cc1cc(OC(N)=O)ccc1C(C)C. The van der Waals surface area contributed by atoms with Crippen LogP contribution in [0.5, 0.6) is 5.75 Å². The second kappa shape index (κ2) is 4.13. The quantitative estimate of drug-likeness (QED) is 0.784. The Hall–Kier alpha value is -1.51. The molecular weight excluding hydrogens is 178 g/mol. The van der Waals surface area contributed by atoms with Gasteiger partial charge >= 0.3 is 6.09 Å². The molecule has 0 spiro atoms. The van der Waals surface area contributed by atoms with Crippen molar-refractivity contribution in [2.75, 3.05) is 0 Å². The molecule has 1 rings (SSSR count). The van der Waals surface area contributed by atoms with Crippen molar-refractivity contribution in [3.63, 3.8) is 0 Å². The summed E-state index contributed by atoms with van der Waals surface area (Å²) in [7, 11) is 0. The van der Waals surface area contributed by atoms with Gasteiger partial charge in [-0.15, -0.1) is 0 Å². The van der Waals surface area contributed by atoms with Gasteiger partial charge in [0.15, 0.2) is 0 Å². The van der Waals surface area contributed by atoms with E-state index in [9.17, 15) is 4.79 Å². The minimum atomic E-state index is -0.776. The number of rotatable bonds is 2. The molecule has 14 heavy (non-hydrogen) atoms. The van der Waals surface area contributed by atoms with Crippen molar-refractivity contribution in [3.05, 3.63) is 29.3 Å². The van der Waals surface area contributed by atoms with Crippen molar-refractivity contribution in [1.82, 2.24) is 0 Å². The van der Waals surface area contributed by atoms with Crippen LogP contribution in [-0.4, -0.2) is 6.09 Å². The fourth-order valence-electron chi connectivity index (χ4n) is 1.48. The monoisotopic (exact) mass is 193 g/mol. The number of benzene rings is 1. The first-order chi connectivity index (χ1) is 6.50. The predicted octanol–water partition coefficient (Wildman–Crippen LogP) is 2.58. The Morgan fingerprint density at radius 1 is 1.43 bits per heavy atom. The molecule has 0 radical (unpaired) electrons. The Morgan fingerprint density at radius 3 is 2.50 bits per heavy atom. The Bertz CT molecular complexity index is 345. The average Bonchev–Trinajstić information content (AvgIpc) is 2.01. The van der Waals surface area contributed by atoms with Crippen LogP contribution in [0.4, 0.5) is 4.79 Å². The van der Waals surface area contributed by atoms with Crippen molar-refractivity contribution < 1.29 is 9.53 Å². The van der Waals surface area contributed by atoms with Gasteiger partial charge in [0.25, 0.3) is 0 Å². The van der Waals surface area contributed by atoms with E-state index in [1.165, 1.54) is 5.56 Å². The molecule has 1 aromatic carbocycles. The van der Waals surface area contributed by atoms with Gasteiger partial charge in [-0.1, -0.05) is 19.9 Å². The molecule has 0 aromatic heterocycles. The summed E-state index contributed by atoms with van der Waals surface area (Å²) in [6, 6.07) is 5.53. The first-order valence-corrected chi connectivity index (χ1v) is 4.58. The molecular formula is C11H15NO2. The molecule has 0 aliphatic heterocycles. The van der Waals surface area contributed by atoms with Gasteiger partial charge in [-0.25, -0.2) is 4.79 Å². The summed E-state index contributed by atoms with van der Waals surface area (Å²) < 4.78 is 4.77. The van der Waals surface area contributed by atoms with Gasteiger partial charge in [-0.3, -0.25) is 0 Å². The predicted molar refractivity (Wildman–Crippen MR) is 55.5 cm³/mol. The zero-order valence-corrected chi connectivity index (χ0v) is 8.70. The summed E-state index contributed by atoms with van der Waals surface area (Å²) >= 11 is 0. The van der Waals surface area contributed by atoms with E-state index in [2.05, 4.69) is 13.8 Å². The second-order valence-corrected chi connectivity index (χ2v) is 3.59. The molecule has 0 saturated heterocycles. The zero-order valence-electron chi connectivity index (χ0n) is 8.70. The molecule has 0 heterocycles. The maximum absolute atomic E-state index is 10.5. The first kappa shape index (κ1) is 10.6. The smallest absolute Gasteiger partial charge is 0.409 e. The second-order valence-electron chi connectivity index (χ2n) is 3.59. The maximum atomic E-state index is 10.5. The number of nitrogens with two attached hydrogens (primary N) is 1. The molecule has 0 saturated carbocycles. The van der Waals surface area contributed by atoms with E-state index < -0.39 is 6.09 Å². The Kier molecular flexibility index (Phi) is 3.12. The van der Waals surface area contributed by atoms with Crippen LogP contribution in [0.1, 0.15) is 30.9 Å². The van der Waals surface area contributed by atoms with Gasteiger partial charge in [0, 0.05) is 0 Å². The van der Waals surface area contributed by atoms with Crippen LogP contribution in [0, 0.1) is 6.92 Å². The number of primary amides is 1. The lowest BCUT2D eigenvalue weighted by molar-refractivity contribution is 0.211. The summed E-state index contributed by atoms with van der Waals surface area (Å²) in [4.78, 5) is 10.5. The van der Waals surface area contributed by atoms with Crippen molar-refractivity contribution in [1.29, 1.82) is 0 Å². The molecule has 1 amide bonds. The topological polar surface area (TPSA) is 52.3 Å². The first-order valence-electron chi connectivity index (χ1n) is 4.58. The summed E-state index contributed by atoms with van der Waals surface area (Å²) in [6.07, 6.45) is -0.776. The van der Waals surface area contributed by atoms with E-state index in [4.69, 9.17) is 10.5 Å². The normalized spacial score (nSPS) is 10.3. The van der Waals surface area contributed by atoms with Gasteiger partial charge < -0.3 is 10.5 Å². The van der Waals surface area contributed by atoms with E-state index in [-0.39, 0.29) is 0 Å². The summed E-state index contributed by atoms with van der Waals surface area (Å²) in [5.41, 5.74) is 7.27. The lowest BCUT2D eigenvalue weighted by Crippen LogP contribution is -2.16. The lowest BCUT2D eigenvalue weighted by Gasteiger charge is -2.10. The van der Waals surface area contributed by atoms with E-state index in [1.54, 1.807) is 6.07 Å². The highest BCUT2D eigenvalue weighted by Crippen LogP contribution is 2.23. The molecule has 0 unspecified atom stereocenters. The number of hydrogen-bond acceptors (Lipinski definition) is 2. The molecule has 3 heteroatoms. The Balaban J connectivity index is 2.94. The molecule has 0 aliphatic carbocycles. The van der Waals surface area contributed by atoms with Crippen molar-refractivity contribution in [2.45, 2.75) is 26.7 Å². The van der Waals surface area contributed by atoms with Gasteiger partial charge in [0.05, 0.1) is 0 Å². The molecule has 3 nitrogen and oxygen atoms in total. The van der Waals surface area contributed by atoms with Crippen LogP contribution >= 0.6 is 0 Å². The minimum absolute atomic E-state index is 0.470. The molecule has 0 bridgehead atoms. The standard InChI is InChI=1S/C11H15NO2/c1-7(2)10-5-4-9(6-8(10)3)14-11(12)13/h4-7H,1-3H3,(H2,12,13). The highest BCUT2D eigenvalue weighted by Gasteiger charge is 2.05. The van der Waals surface area contributed by atoms with Crippen LogP contribution in [0.2, 0.25) is 0 Å². The molecule has 1 aromatic rings. The highest BCUT2D eigenvalue weighted by atomic mass is 16.5. The number of carbonyl (C=O) groups is 1. The van der Waals surface area contributed by atoms with Gasteiger partial charge in [-0.2, -0.15) is 0 Å². The average molecular weight is 193 g/mol. The number of amides is 1. The minimum Gasteiger partial charge on any atom is -0.410 e. The largest absolute Gasteiger partial charge is 0.410 e. The molecule has 2 N–H and O–H groups in total. The number of aryl methyl sites for hydroxylation is 1. The van der Waals surface area contributed by atoms with E-state index >= 15 is 0 Å². The van der Waals surface area contributed by atoms with E-state index in [0.717, 1.165) is 5.56 Å². The summed E-state index contributed by atoms with van der Waals surface area (Å²) in [5, 5.41) is 0. The third kappa shape index (κ3) is 2.49. The highest BCUT2D eigenvalue weighted by molar-refractivity contribution is 5.68. The van der Waals surface area contributed by atoms with Crippen molar-refractivity contribution in [3.8, 4) is 5.75 Å². The van der Waals surface area contributed by atoms with Gasteiger partial charge in [-0.05, 0) is 36.1 Å². The van der Waals surface area contributed by atoms with Gasteiger partial charge in [0.2, 0.25) is 0 Å². The number of carbonyl (C=O) groups excluding carboxylic acids is 1. The third-order valence-electron chi connectivity index (χ3n) is 2.08. The van der Waals surface area contributed by atoms with E-state index in [0.29, 0.717) is 11.7 Å². The molecule has 0 aliphatic rings. The zero-order chi connectivity index (χ0) is 10.7. The Labute approximate surface area is 83.9 Å². The van der Waals surface area contributed by atoms with Crippen LogP contribution in [0.15, 0.2) is 18.2 Å². The fourth-order valence-corrected chi connectivity index (χ4v) is 1.48. The van der Waals surface area contributed by atoms with Gasteiger partial charge in [0.1, 0.15) is 5.75 Å².